The summed E-state index contributed by atoms with van der Waals surface area (Å²) in [5, 5.41) is 17.8. The monoisotopic (exact) mass is 427 g/mol. The van der Waals surface area contributed by atoms with Gasteiger partial charge in [0.2, 0.25) is 16.9 Å². The van der Waals surface area contributed by atoms with E-state index in [0.29, 0.717) is 22.4 Å². The second-order valence-corrected chi connectivity index (χ2v) is 7.11. The molecule has 2 heterocycles. The van der Waals surface area contributed by atoms with Gasteiger partial charge in [0.15, 0.2) is 0 Å². The molecule has 4 N–H and O–H groups in total. The smallest absolute Gasteiger partial charge is 0.234 e. The minimum Gasteiger partial charge on any atom is -0.335 e. The van der Waals surface area contributed by atoms with E-state index in [0.717, 1.165) is 17.3 Å². The van der Waals surface area contributed by atoms with E-state index in [4.69, 9.17) is 5.84 Å². The number of rotatable bonds is 6. The van der Waals surface area contributed by atoms with Crippen molar-refractivity contribution in [3.63, 3.8) is 0 Å². The molecule has 0 aliphatic heterocycles. The van der Waals surface area contributed by atoms with Gasteiger partial charge in [-0.2, -0.15) is 5.10 Å². The summed E-state index contributed by atoms with van der Waals surface area (Å²) in [7, 11) is 0. The van der Waals surface area contributed by atoms with E-state index in [-0.39, 0.29) is 17.3 Å². The van der Waals surface area contributed by atoms with Crippen LogP contribution in [0.5, 0.6) is 0 Å². The molecule has 11 heteroatoms. The molecule has 152 valence electrons. The van der Waals surface area contributed by atoms with Crippen molar-refractivity contribution >= 4 is 23.4 Å². The standard InChI is InChI=1S/C19H15F2N7OS/c20-12-7-5-11(6-8-12)15-9-16(25-24-15)18-26-27-19(28(18)22)30-10-17(29)23-14-4-2-1-3-13(14)21/h1-9H,10,22H2,(H,23,29)(H,24,25). The highest BCUT2D eigenvalue weighted by atomic mass is 32.2. The molecule has 8 nitrogen and oxygen atoms in total. The minimum absolute atomic E-state index is 0.0343. The number of benzene rings is 2. The predicted octanol–water partition coefficient (Wildman–Crippen LogP) is 3.06. The second-order valence-electron chi connectivity index (χ2n) is 6.17. The van der Waals surface area contributed by atoms with E-state index in [1.807, 2.05) is 0 Å². The molecule has 0 saturated carbocycles. The fourth-order valence-corrected chi connectivity index (χ4v) is 3.30. The van der Waals surface area contributed by atoms with Crippen LogP contribution < -0.4 is 11.2 Å². The largest absolute Gasteiger partial charge is 0.335 e. The molecule has 0 bridgehead atoms. The Bertz CT molecular complexity index is 1190. The second kappa shape index (κ2) is 8.33. The number of nitrogens with one attached hydrogen (secondary N) is 2. The average molecular weight is 427 g/mol. The Morgan fingerprint density at radius 3 is 2.67 bits per heavy atom. The highest BCUT2D eigenvalue weighted by Crippen LogP contribution is 2.25. The number of nitrogens with zero attached hydrogens (tertiary/aromatic N) is 4. The summed E-state index contributed by atoms with van der Waals surface area (Å²) >= 11 is 1.05. The Labute approximate surface area is 173 Å². The molecular formula is C19H15F2N7OS. The third kappa shape index (κ3) is 4.15. The van der Waals surface area contributed by atoms with Gasteiger partial charge >= 0.3 is 0 Å². The number of carbonyl (C=O) groups is 1. The van der Waals surface area contributed by atoms with Gasteiger partial charge < -0.3 is 11.2 Å². The van der Waals surface area contributed by atoms with Crippen molar-refractivity contribution in [2.45, 2.75) is 5.16 Å². The number of amides is 1. The molecule has 1 amide bonds. The maximum Gasteiger partial charge on any atom is 0.234 e. The number of anilines is 1. The Balaban J connectivity index is 1.43. The van der Waals surface area contributed by atoms with Crippen LogP contribution >= 0.6 is 11.8 Å². The maximum absolute atomic E-state index is 13.6. The van der Waals surface area contributed by atoms with Gasteiger partial charge in [0.1, 0.15) is 17.3 Å². The van der Waals surface area contributed by atoms with Crippen LogP contribution in [0.25, 0.3) is 22.8 Å². The van der Waals surface area contributed by atoms with Crippen LogP contribution in [0.3, 0.4) is 0 Å². The van der Waals surface area contributed by atoms with E-state index in [1.54, 1.807) is 24.3 Å². The number of halogens is 2. The molecule has 0 spiro atoms. The van der Waals surface area contributed by atoms with Crippen molar-refractivity contribution in [3.8, 4) is 22.8 Å². The zero-order chi connectivity index (χ0) is 21.1. The minimum atomic E-state index is -0.517. The third-order valence-electron chi connectivity index (χ3n) is 4.10. The highest BCUT2D eigenvalue weighted by Gasteiger charge is 2.17. The number of nitrogen functional groups attached to an aromatic ring is 1. The van der Waals surface area contributed by atoms with Crippen molar-refractivity contribution in [1.29, 1.82) is 0 Å². The van der Waals surface area contributed by atoms with E-state index < -0.39 is 11.7 Å². The van der Waals surface area contributed by atoms with Crippen molar-refractivity contribution in [1.82, 2.24) is 25.1 Å². The molecule has 2 aromatic heterocycles. The molecule has 0 unspecified atom stereocenters. The molecule has 0 atom stereocenters. The first kappa shape index (κ1) is 19.6. The summed E-state index contributed by atoms with van der Waals surface area (Å²) in [6, 6.07) is 13.5. The lowest BCUT2D eigenvalue weighted by Gasteiger charge is -2.06. The van der Waals surface area contributed by atoms with Crippen LogP contribution in [0.15, 0.2) is 59.8 Å². The molecule has 0 aliphatic carbocycles. The zero-order valence-electron chi connectivity index (χ0n) is 15.3. The van der Waals surface area contributed by atoms with Gasteiger partial charge in [-0.05, 0) is 42.5 Å². The lowest BCUT2D eigenvalue weighted by atomic mass is 10.1. The number of H-pyrrole nitrogens is 1. The highest BCUT2D eigenvalue weighted by molar-refractivity contribution is 7.99. The third-order valence-corrected chi connectivity index (χ3v) is 5.05. The molecule has 4 aromatic rings. The normalized spacial score (nSPS) is 10.9. The molecule has 0 fully saturated rings. The molecular weight excluding hydrogens is 412 g/mol. The van der Waals surface area contributed by atoms with Crippen molar-refractivity contribution in [2.24, 2.45) is 0 Å². The fraction of sp³-hybridized carbons (Fsp3) is 0.0526. The van der Waals surface area contributed by atoms with Crippen molar-refractivity contribution in [2.75, 3.05) is 16.9 Å². The number of hydrogen-bond acceptors (Lipinski definition) is 6. The maximum atomic E-state index is 13.6. The van der Waals surface area contributed by atoms with Crippen molar-refractivity contribution < 1.29 is 13.6 Å². The first-order chi connectivity index (χ1) is 14.5. The number of aromatic amines is 1. The lowest BCUT2D eigenvalue weighted by Crippen LogP contribution is -2.17. The van der Waals surface area contributed by atoms with E-state index in [2.05, 4.69) is 25.7 Å². The Kier molecular flexibility index (Phi) is 5.44. The Morgan fingerprint density at radius 2 is 1.90 bits per heavy atom. The number of carbonyl (C=O) groups excluding carboxylic acids is 1. The summed E-state index contributed by atoms with van der Waals surface area (Å²) in [4.78, 5) is 12.1. The van der Waals surface area contributed by atoms with Gasteiger partial charge in [-0.15, -0.1) is 10.2 Å². The summed E-state index contributed by atoms with van der Waals surface area (Å²) in [6.45, 7) is 0. The van der Waals surface area contributed by atoms with E-state index >= 15 is 0 Å². The van der Waals surface area contributed by atoms with Crippen LogP contribution in [0.4, 0.5) is 14.5 Å². The van der Waals surface area contributed by atoms with Gasteiger partial charge in [-0.1, -0.05) is 23.9 Å². The van der Waals surface area contributed by atoms with Crippen LogP contribution in [-0.2, 0) is 4.79 Å². The molecule has 0 radical (unpaired) electrons. The van der Waals surface area contributed by atoms with Gasteiger partial charge in [0, 0.05) is 5.56 Å². The van der Waals surface area contributed by atoms with Gasteiger partial charge in [-0.25, -0.2) is 13.5 Å². The van der Waals surface area contributed by atoms with Gasteiger partial charge in [-0.3, -0.25) is 9.89 Å². The topological polar surface area (TPSA) is 115 Å². The molecule has 0 saturated heterocycles. The number of para-hydroxylation sites is 1. The van der Waals surface area contributed by atoms with Crippen LogP contribution in [0, 0.1) is 11.6 Å². The van der Waals surface area contributed by atoms with Crippen LogP contribution in [0.1, 0.15) is 0 Å². The lowest BCUT2D eigenvalue weighted by molar-refractivity contribution is -0.113. The fourth-order valence-electron chi connectivity index (χ4n) is 2.64. The zero-order valence-corrected chi connectivity index (χ0v) is 16.2. The number of nitrogens with two attached hydrogens (primary N) is 1. The Morgan fingerprint density at radius 1 is 1.13 bits per heavy atom. The number of hydrogen-bond donors (Lipinski definition) is 3. The summed E-state index contributed by atoms with van der Waals surface area (Å²) < 4.78 is 27.9. The quantitative estimate of drug-likeness (QED) is 0.322. The van der Waals surface area contributed by atoms with E-state index in [1.165, 1.54) is 35.0 Å². The van der Waals surface area contributed by atoms with Crippen LogP contribution in [0.2, 0.25) is 0 Å². The van der Waals surface area contributed by atoms with E-state index in [9.17, 15) is 13.6 Å². The average Bonchev–Trinajstić information content (AvgIpc) is 3.35. The Hall–Kier alpha value is -3.73. The number of thioether (sulfide) groups is 1. The van der Waals surface area contributed by atoms with Crippen LogP contribution in [-0.4, -0.2) is 36.7 Å². The van der Waals surface area contributed by atoms with Gasteiger partial charge in [0.25, 0.3) is 0 Å². The SMILES string of the molecule is Nn1c(SCC(=O)Nc2ccccc2F)nnc1-c1cc(-c2ccc(F)cc2)n[nH]1. The summed E-state index contributed by atoms with van der Waals surface area (Å²) in [6.07, 6.45) is 0. The summed E-state index contributed by atoms with van der Waals surface area (Å²) in [5.41, 5.74) is 1.92. The molecule has 30 heavy (non-hydrogen) atoms. The van der Waals surface area contributed by atoms with Crippen molar-refractivity contribution in [3.05, 3.63) is 66.2 Å². The molecule has 4 rings (SSSR count). The first-order valence-electron chi connectivity index (χ1n) is 8.70. The van der Waals surface area contributed by atoms with Gasteiger partial charge in [0.05, 0.1) is 17.1 Å². The molecule has 2 aromatic carbocycles. The number of aromatic nitrogens is 5. The first-order valence-corrected chi connectivity index (χ1v) is 9.69. The molecule has 0 aliphatic rings. The predicted molar refractivity (Wildman–Crippen MR) is 109 cm³/mol. The summed E-state index contributed by atoms with van der Waals surface area (Å²) in [5.74, 6) is 5.07.